The van der Waals surface area contributed by atoms with Gasteiger partial charge < -0.3 is 14.6 Å². The number of carbonyl (C=O) groups is 1. The Bertz CT molecular complexity index is 91.7. The quantitative estimate of drug-likeness (QED) is 0.535. The van der Waals surface area contributed by atoms with E-state index in [1.807, 2.05) is 0 Å². The molecule has 0 fully saturated rings. The van der Waals surface area contributed by atoms with Gasteiger partial charge in [-0.05, 0) is 6.92 Å². The van der Waals surface area contributed by atoms with Gasteiger partial charge in [0.2, 0.25) is 0 Å². The summed E-state index contributed by atoms with van der Waals surface area (Å²) in [6.45, 7) is 4.25. The molecule has 0 aliphatic rings. The van der Waals surface area contributed by atoms with Crippen molar-refractivity contribution in [3.05, 3.63) is 6.92 Å². The van der Waals surface area contributed by atoms with Crippen molar-refractivity contribution in [1.82, 2.24) is 0 Å². The van der Waals surface area contributed by atoms with Crippen LogP contribution in [-0.4, -0.2) is 37.5 Å². The molecule has 0 aromatic rings. The molecule has 0 spiro atoms. The van der Waals surface area contributed by atoms with Crippen molar-refractivity contribution in [1.29, 1.82) is 0 Å². The lowest BCUT2D eigenvalue weighted by Crippen LogP contribution is -2.11. The van der Waals surface area contributed by atoms with E-state index in [1.54, 1.807) is 0 Å². The standard InChI is InChI=1S/C6H11O4/c1-2-9-3-4-10-5-6(7)8/h1-5H2,(H,7,8). The van der Waals surface area contributed by atoms with Crippen LogP contribution < -0.4 is 0 Å². The molecule has 59 valence electrons. The van der Waals surface area contributed by atoms with Crippen LogP contribution in [0.3, 0.4) is 0 Å². The lowest BCUT2D eigenvalue weighted by molar-refractivity contribution is -0.142. The molecule has 0 rings (SSSR count). The first-order chi connectivity index (χ1) is 4.77. The minimum Gasteiger partial charge on any atom is -0.480 e. The number of aliphatic carboxylic acids is 1. The van der Waals surface area contributed by atoms with Crippen LogP contribution in [0.4, 0.5) is 0 Å². The molecule has 0 unspecified atom stereocenters. The van der Waals surface area contributed by atoms with Crippen molar-refractivity contribution in [3.8, 4) is 0 Å². The Morgan fingerprint density at radius 1 is 1.40 bits per heavy atom. The summed E-state index contributed by atoms with van der Waals surface area (Å²) in [5.41, 5.74) is 0. The molecule has 1 radical (unpaired) electrons. The predicted octanol–water partition coefficient (Wildman–Crippen LogP) is -0.0617. The second-order valence-corrected chi connectivity index (χ2v) is 1.56. The summed E-state index contributed by atoms with van der Waals surface area (Å²) in [7, 11) is 0. The summed E-state index contributed by atoms with van der Waals surface area (Å²) in [5, 5.41) is 8.09. The van der Waals surface area contributed by atoms with E-state index in [0.29, 0.717) is 19.8 Å². The van der Waals surface area contributed by atoms with Crippen LogP contribution in [0.2, 0.25) is 0 Å². The maximum absolute atomic E-state index is 9.85. The Hall–Kier alpha value is -0.610. The molecule has 0 aliphatic heterocycles. The molecule has 0 aliphatic carbocycles. The van der Waals surface area contributed by atoms with Crippen molar-refractivity contribution in [2.75, 3.05) is 26.4 Å². The highest BCUT2D eigenvalue weighted by atomic mass is 16.5. The third kappa shape index (κ3) is 7.39. The average Bonchev–Trinajstić information content (AvgIpc) is 1.87. The van der Waals surface area contributed by atoms with E-state index >= 15 is 0 Å². The van der Waals surface area contributed by atoms with Crippen molar-refractivity contribution in [3.63, 3.8) is 0 Å². The van der Waals surface area contributed by atoms with Gasteiger partial charge in [-0.25, -0.2) is 4.79 Å². The Kier molecular flexibility index (Phi) is 6.11. The Balaban J connectivity index is 2.84. The maximum atomic E-state index is 9.85. The summed E-state index contributed by atoms with van der Waals surface area (Å²) >= 11 is 0. The molecule has 0 saturated heterocycles. The normalized spacial score (nSPS) is 9.70. The van der Waals surface area contributed by atoms with Crippen LogP contribution in [0.25, 0.3) is 0 Å². The number of ether oxygens (including phenoxy) is 2. The van der Waals surface area contributed by atoms with Crippen molar-refractivity contribution in [2.24, 2.45) is 0 Å². The van der Waals surface area contributed by atoms with E-state index in [9.17, 15) is 4.79 Å². The average molecular weight is 147 g/mol. The fourth-order valence-corrected chi connectivity index (χ4v) is 0.379. The predicted molar refractivity (Wildman–Crippen MR) is 34.6 cm³/mol. The number of rotatable bonds is 6. The second-order valence-electron chi connectivity index (χ2n) is 1.56. The van der Waals surface area contributed by atoms with Crippen LogP contribution in [-0.2, 0) is 14.3 Å². The van der Waals surface area contributed by atoms with Gasteiger partial charge in [0, 0.05) is 6.61 Å². The zero-order chi connectivity index (χ0) is 7.82. The smallest absolute Gasteiger partial charge is 0.329 e. The van der Waals surface area contributed by atoms with Crippen LogP contribution in [0.15, 0.2) is 0 Å². The Morgan fingerprint density at radius 3 is 2.50 bits per heavy atom. The summed E-state index contributed by atoms with van der Waals surface area (Å²) in [4.78, 5) is 9.85. The van der Waals surface area contributed by atoms with E-state index in [1.165, 1.54) is 0 Å². The Labute approximate surface area is 59.7 Å². The van der Waals surface area contributed by atoms with Gasteiger partial charge in [0.25, 0.3) is 0 Å². The molecule has 0 atom stereocenters. The molecular weight excluding hydrogens is 136 g/mol. The second kappa shape index (κ2) is 6.51. The fraction of sp³-hybridized carbons (Fsp3) is 0.667. The molecule has 4 nitrogen and oxygen atoms in total. The summed E-state index contributed by atoms with van der Waals surface area (Å²) in [5.74, 6) is -0.963. The minimum absolute atomic E-state index is 0.263. The topological polar surface area (TPSA) is 55.8 Å². The highest BCUT2D eigenvalue weighted by molar-refractivity contribution is 5.67. The molecule has 0 saturated carbocycles. The van der Waals surface area contributed by atoms with Crippen LogP contribution >= 0.6 is 0 Å². The molecule has 0 heterocycles. The number of carboxylic acid groups (broad SMARTS) is 1. The summed E-state index contributed by atoms with van der Waals surface area (Å²) in [6, 6.07) is 0. The minimum atomic E-state index is -0.963. The third-order valence-corrected chi connectivity index (χ3v) is 0.742. The van der Waals surface area contributed by atoms with E-state index < -0.39 is 5.97 Å². The molecule has 10 heavy (non-hydrogen) atoms. The van der Waals surface area contributed by atoms with Gasteiger partial charge in [0.05, 0.1) is 13.2 Å². The zero-order valence-corrected chi connectivity index (χ0v) is 5.71. The SMILES string of the molecule is [CH2]COCCOCC(=O)O. The van der Waals surface area contributed by atoms with Gasteiger partial charge in [0.1, 0.15) is 6.61 Å². The van der Waals surface area contributed by atoms with Gasteiger partial charge in [-0.3, -0.25) is 0 Å². The number of carboxylic acids is 1. The van der Waals surface area contributed by atoms with E-state index in [4.69, 9.17) is 9.84 Å². The van der Waals surface area contributed by atoms with Crippen LogP contribution in [0, 0.1) is 6.92 Å². The highest BCUT2D eigenvalue weighted by Gasteiger charge is 1.94. The van der Waals surface area contributed by atoms with Crippen LogP contribution in [0.1, 0.15) is 0 Å². The maximum Gasteiger partial charge on any atom is 0.329 e. The lowest BCUT2D eigenvalue weighted by Gasteiger charge is -1.99. The first kappa shape index (κ1) is 9.39. The Morgan fingerprint density at radius 2 is 2.00 bits per heavy atom. The lowest BCUT2D eigenvalue weighted by atomic mass is 10.7. The van der Waals surface area contributed by atoms with Gasteiger partial charge in [0.15, 0.2) is 0 Å². The summed E-state index contributed by atoms with van der Waals surface area (Å²) in [6.07, 6.45) is 0. The van der Waals surface area contributed by atoms with Crippen molar-refractivity contribution >= 4 is 5.97 Å². The zero-order valence-electron chi connectivity index (χ0n) is 5.71. The first-order valence-electron chi connectivity index (χ1n) is 2.94. The van der Waals surface area contributed by atoms with Gasteiger partial charge in [-0.1, -0.05) is 0 Å². The molecule has 0 aromatic heterocycles. The monoisotopic (exact) mass is 147 g/mol. The van der Waals surface area contributed by atoms with Gasteiger partial charge in [-0.15, -0.1) is 0 Å². The number of hydrogen-bond acceptors (Lipinski definition) is 3. The highest BCUT2D eigenvalue weighted by Crippen LogP contribution is 1.77. The third-order valence-electron chi connectivity index (χ3n) is 0.742. The van der Waals surface area contributed by atoms with Crippen LogP contribution in [0.5, 0.6) is 0 Å². The molecular formula is C6H11O4. The molecule has 0 amide bonds. The van der Waals surface area contributed by atoms with E-state index in [2.05, 4.69) is 11.7 Å². The molecule has 0 aromatic carbocycles. The fourth-order valence-electron chi connectivity index (χ4n) is 0.379. The van der Waals surface area contributed by atoms with E-state index in [-0.39, 0.29) is 6.61 Å². The summed E-state index contributed by atoms with van der Waals surface area (Å²) < 4.78 is 9.43. The molecule has 4 heteroatoms. The molecule has 1 N–H and O–H groups in total. The van der Waals surface area contributed by atoms with Gasteiger partial charge >= 0.3 is 5.97 Å². The first-order valence-corrected chi connectivity index (χ1v) is 2.94. The van der Waals surface area contributed by atoms with E-state index in [0.717, 1.165) is 0 Å². The van der Waals surface area contributed by atoms with Crippen molar-refractivity contribution < 1.29 is 19.4 Å². The van der Waals surface area contributed by atoms with Gasteiger partial charge in [-0.2, -0.15) is 0 Å². The largest absolute Gasteiger partial charge is 0.480 e. The van der Waals surface area contributed by atoms with Crippen molar-refractivity contribution in [2.45, 2.75) is 0 Å². The molecule has 0 bridgehead atoms. The number of hydrogen-bond donors (Lipinski definition) is 1.